The lowest BCUT2D eigenvalue weighted by atomic mass is 10.2. The van der Waals surface area contributed by atoms with Crippen LogP contribution in [0.15, 0.2) is 35.1 Å². The lowest BCUT2D eigenvalue weighted by Crippen LogP contribution is -2.45. The molecule has 1 saturated heterocycles. The second-order valence-electron chi connectivity index (χ2n) is 6.89. The van der Waals surface area contributed by atoms with Gasteiger partial charge in [0.05, 0.1) is 4.91 Å². The van der Waals surface area contributed by atoms with Gasteiger partial charge in [-0.05, 0) is 25.0 Å². The van der Waals surface area contributed by atoms with Crippen LogP contribution in [0.5, 0.6) is 0 Å². The number of urea groups is 1. The number of allylic oxidation sites excluding steroid dienone is 1. The van der Waals surface area contributed by atoms with E-state index in [-0.39, 0.29) is 19.0 Å². The van der Waals surface area contributed by atoms with Crippen LogP contribution >= 0.6 is 11.8 Å². The number of amides is 3. The van der Waals surface area contributed by atoms with Gasteiger partial charge in [-0.15, -0.1) is 0 Å². The molecule has 1 atom stereocenters. The van der Waals surface area contributed by atoms with Gasteiger partial charge in [-0.25, -0.2) is 4.79 Å². The van der Waals surface area contributed by atoms with Gasteiger partial charge in [-0.2, -0.15) is 13.2 Å². The SMILES string of the molecule is CC1=C(C(N)=O)SC(N2CCN(CCCC(F)(F)F)C2=O)N1Cc1cccnc1. The molecule has 3 amide bonds. The molecule has 2 aliphatic heterocycles. The van der Waals surface area contributed by atoms with Crippen LogP contribution in [0.2, 0.25) is 0 Å². The highest BCUT2D eigenvalue weighted by atomic mass is 32.2. The minimum absolute atomic E-state index is 0.0456. The average molecular weight is 429 g/mol. The van der Waals surface area contributed by atoms with Crippen molar-refractivity contribution in [3.63, 3.8) is 0 Å². The van der Waals surface area contributed by atoms with Gasteiger partial charge < -0.3 is 15.5 Å². The van der Waals surface area contributed by atoms with Gasteiger partial charge in [0.2, 0.25) is 0 Å². The molecule has 2 aliphatic rings. The summed E-state index contributed by atoms with van der Waals surface area (Å²) in [5.74, 6) is -0.570. The molecule has 0 spiro atoms. The predicted molar refractivity (Wildman–Crippen MR) is 102 cm³/mol. The Kier molecular flexibility index (Phi) is 6.25. The van der Waals surface area contributed by atoms with Crippen LogP contribution in [0.25, 0.3) is 0 Å². The highest BCUT2D eigenvalue weighted by molar-refractivity contribution is 8.04. The fraction of sp³-hybridized carbons (Fsp3) is 0.500. The standard InChI is InChI=1S/C18H22F3N5O2S/c1-12-14(15(22)27)29-17(26(12)11-13-4-2-6-23-10-13)25-9-8-24(16(25)28)7-3-5-18(19,20)21/h2,4,6,10,17H,3,5,7-9,11H2,1H3,(H2,22,27). The highest BCUT2D eigenvalue weighted by Crippen LogP contribution is 2.41. The molecule has 3 rings (SSSR count). The molecule has 1 aromatic heterocycles. The first-order valence-corrected chi connectivity index (χ1v) is 10.0. The summed E-state index contributed by atoms with van der Waals surface area (Å²) in [4.78, 5) is 34.0. The summed E-state index contributed by atoms with van der Waals surface area (Å²) in [7, 11) is 0. The van der Waals surface area contributed by atoms with Crippen LogP contribution in [-0.4, -0.2) is 62.9 Å². The highest BCUT2D eigenvalue weighted by Gasteiger charge is 2.42. The number of carbonyl (C=O) groups excluding carboxylic acids is 2. The van der Waals surface area contributed by atoms with Crippen molar-refractivity contribution in [3.05, 3.63) is 40.7 Å². The van der Waals surface area contributed by atoms with Gasteiger partial charge >= 0.3 is 12.2 Å². The molecule has 11 heteroatoms. The Morgan fingerprint density at radius 1 is 1.38 bits per heavy atom. The first-order valence-electron chi connectivity index (χ1n) is 9.12. The van der Waals surface area contributed by atoms with Crippen LogP contribution in [0, 0.1) is 0 Å². The minimum atomic E-state index is -4.23. The third-order valence-corrected chi connectivity index (χ3v) is 6.28. The number of hydrogen-bond acceptors (Lipinski definition) is 5. The van der Waals surface area contributed by atoms with Gasteiger partial charge in [-0.3, -0.25) is 14.7 Å². The summed E-state index contributed by atoms with van der Waals surface area (Å²) >= 11 is 1.19. The number of hydrogen-bond donors (Lipinski definition) is 1. The number of nitrogens with two attached hydrogens (primary N) is 1. The second kappa shape index (κ2) is 8.52. The van der Waals surface area contributed by atoms with E-state index in [4.69, 9.17) is 5.73 Å². The second-order valence-corrected chi connectivity index (χ2v) is 7.96. The zero-order valence-corrected chi connectivity index (χ0v) is 16.7. The summed E-state index contributed by atoms with van der Waals surface area (Å²) in [6, 6.07) is 3.35. The predicted octanol–water partition coefficient (Wildman–Crippen LogP) is 2.71. The summed E-state index contributed by atoms with van der Waals surface area (Å²) in [5.41, 5.74) is 6.57. The molecule has 158 valence electrons. The van der Waals surface area contributed by atoms with Crippen molar-refractivity contribution in [3.8, 4) is 0 Å². The smallest absolute Gasteiger partial charge is 0.365 e. The van der Waals surface area contributed by atoms with Gasteiger partial charge in [0.25, 0.3) is 5.91 Å². The molecule has 0 aliphatic carbocycles. The number of carbonyl (C=O) groups is 2. The van der Waals surface area contributed by atoms with Gasteiger partial charge in [0.15, 0.2) is 5.50 Å². The molecule has 0 radical (unpaired) electrons. The monoisotopic (exact) mass is 429 g/mol. The molecule has 2 N–H and O–H groups in total. The van der Waals surface area contributed by atoms with Crippen LogP contribution in [0.1, 0.15) is 25.3 Å². The average Bonchev–Trinajstić information content (AvgIpc) is 3.16. The number of primary amides is 1. The summed E-state index contributed by atoms with van der Waals surface area (Å²) < 4.78 is 37.2. The summed E-state index contributed by atoms with van der Waals surface area (Å²) in [6.07, 6.45) is -1.94. The van der Waals surface area contributed by atoms with E-state index in [0.717, 1.165) is 5.56 Å². The molecule has 7 nitrogen and oxygen atoms in total. The minimum Gasteiger partial charge on any atom is -0.365 e. The van der Waals surface area contributed by atoms with E-state index in [9.17, 15) is 22.8 Å². The van der Waals surface area contributed by atoms with Crippen molar-refractivity contribution < 1.29 is 22.8 Å². The quantitative estimate of drug-likeness (QED) is 0.721. The number of thioether (sulfide) groups is 1. The van der Waals surface area contributed by atoms with Gasteiger partial charge in [0.1, 0.15) is 0 Å². The third kappa shape index (κ3) is 4.95. The van der Waals surface area contributed by atoms with Gasteiger partial charge in [-0.1, -0.05) is 17.8 Å². The molecular weight excluding hydrogens is 407 g/mol. The van der Waals surface area contributed by atoms with E-state index < -0.39 is 24.0 Å². The Hall–Kier alpha value is -2.43. The van der Waals surface area contributed by atoms with E-state index in [1.807, 2.05) is 11.0 Å². The Bertz CT molecular complexity index is 802. The molecule has 0 aromatic carbocycles. The lowest BCUT2D eigenvalue weighted by Gasteiger charge is -2.33. The van der Waals surface area contributed by atoms with Crippen molar-refractivity contribution in [2.75, 3.05) is 19.6 Å². The number of halogens is 3. The maximum Gasteiger partial charge on any atom is 0.389 e. The normalized spacial score (nSPS) is 20.2. The number of alkyl halides is 3. The maximum absolute atomic E-state index is 12.8. The van der Waals surface area contributed by atoms with Crippen molar-refractivity contribution in [1.82, 2.24) is 19.7 Å². The molecule has 1 unspecified atom stereocenters. The molecular formula is C18H22F3N5O2S. The Morgan fingerprint density at radius 2 is 2.14 bits per heavy atom. The zero-order chi connectivity index (χ0) is 21.2. The van der Waals surface area contributed by atoms with Crippen molar-refractivity contribution in [2.24, 2.45) is 5.73 Å². The zero-order valence-electron chi connectivity index (χ0n) is 15.9. The van der Waals surface area contributed by atoms with Crippen molar-refractivity contribution in [1.29, 1.82) is 0 Å². The molecule has 0 saturated carbocycles. The Labute approximate surface area is 170 Å². The number of nitrogens with zero attached hydrogens (tertiary/aromatic N) is 4. The number of rotatable bonds is 7. The third-order valence-electron chi connectivity index (χ3n) is 4.83. The number of pyridine rings is 1. The van der Waals surface area contributed by atoms with Crippen LogP contribution in [0.3, 0.4) is 0 Å². The first kappa shape index (κ1) is 21.3. The van der Waals surface area contributed by atoms with Crippen LogP contribution < -0.4 is 5.73 Å². The van der Waals surface area contributed by atoms with Crippen molar-refractivity contribution in [2.45, 2.75) is 38.0 Å². The summed E-state index contributed by atoms with van der Waals surface area (Å²) in [5, 5.41) is 0. The van der Waals surface area contributed by atoms with E-state index in [1.165, 1.54) is 16.7 Å². The molecule has 3 heterocycles. The molecule has 0 bridgehead atoms. The van der Waals surface area contributed by atoms with E-state index in [2.05, 4.69) is 4.98 Å². The Balaban J connectivity index is 1.72. The largest absolute Gasteiger partial charge is 0.389 e. The molecule has 1 aromatic rings. The van der Waals surface area contributed by atoms with E-state index >= 15 is 0 Å². The maximum atomic E-state index is 12.8. The molecule has 1 fully saturated rings. The summed E-state index contributed by atoms with van der Waals surface area (Å²) in [6.45, 7) is 2.95. The fourth-order valence-electron chi connectivity index (χ4n) is 3.39. The van der Waals surface area contributed by atoms with E-state index in [1.54, 1.807) is 30.3 Å². The van der Waals surface area contributed by atoms with E-state index in [0.29, 0.717) is 30.2 Å². The topological polar surface area (TPSA) is 82.8 Å². The Morgan fingerprint density at radius 3 is 2.76 bits per heavy atom. The molecule has 29 heavy (non-hydrogen) atoms. The van der Waals surface area contributed by atoms with Crippen molar-refractivity contribution >= 4 is 23.7 Å². The van der Waals surface area contributed by atoms with Crippen LogP contribution in [0.4, 0.5) is 18.0 Å². The lowest BCUT2D eigenvalue weighted by molar-refractivity contribution is -0.135. The fourth-order valence-corrected chi connectivity index (χ4v) is 4.69. The van der Waals surface area contributed by atoms with Gasteiger partial charge in [0, 0.05) is 50.7 Å². The first-order chi connectivity index (χ1) is 13.7. The van der Waals surface area contributed by atoms with Crippen LogP contribution in [-0.2, 0) is 11.3 Å². The number of aromatic nitrogens is 1.